The Hall–Kier alpha value is -0.860. The van der Waals surface area contributed by atoms with Crippen LogP contribution < -0.4 is 5.43 Å². The minimum absolute atomic E-state index is 0.0537. The largest absolute Gasteiger partial charge is 0.306 e. The zero-order valence-electron chi connectivity index (χ0n) is 10.0. The fraction of sp³-hybridized carbons (Fsp3) is 0.833. The molecule has 3 heteroatoms. The maximum atomic E-state index is 12.1. The molecule has 3 nitrogen and oxygen atoms in total. The number of hydrazone groups is 1. The van der Waals surface area contributed by atoms with E-state index < -0.39 is 0 Å². The summed E-state index contributed by atoms with van der Waals surface area (Å²) in [6, 6.07) is 0.249. The highest BCUT2D eigenvalue weighted by Crippen LogP contribution is 2.39. The molecule has 0 amide bonds. The maximum absolute atomic E-state index is 12.1. The van der Waals surface area contributed by atoms with Gasteiger partial charge < -0.3 is 5.43 Å². The van der Waals surface area contributed by atoms with Crippen LogP contribution in [0.15, 0.2) is 5.10 Å². The lowest BCUT2D eigenvalue weighted by Crippen LogP contribution is -2.46. The zero-order chi connectivity index (χ0) is 11.2. The average molecular weight is 208 g/mol. The molecule has 0 bridgehead atoms. The fourth-order valence-electron chi connectivity index (χ4n) is 2.80. The standard InChI is InChI=1S/C12H20N2O/c1-7(2)11-10-8(13-14-11)5-12(3,4)6-9(10)15/h7-8,10,13H,5-6H2,1-4H3/t8-,10-/m1/s1. The van der Waals surface area contributed by atoms with Crippen molar-refractivity contribution in [3.63, 3.8) is 0 Å². The van der Waals surface area contributed by atoms with Gasteiger partial charge in [0.15, 0.2) is 0 Å². The molecule has 1 fully saturated rings. The molecule has 1 aliphatic heterocycles. The summed E-state index contributed by atoms with van der Waals surface area (Å²) in [5.41, 5.74) is 4.33. The van der Waals surface area contributed by atoms with Crippen LogP contribution >= 0.6 is 0 Å². The lowest BCUT2D eigenvalue weighted by molar-refractivity contribution is -0.126. The number of nitrogens with zero attached hydrogens (tertiary/aromatic N) is 1. The molecule has 0 radical (unpaired) electrons. The van der Waals surface area contributed by atoms with Crippen molar-refractivity contribution in [3.05, 3.63) is 0 Å². The van der Waals surface area contributed by atoms with Crippen LogP contribution in [0.25, 0.3) is 0 Å². The smallest absolute Gasteiger partial charge is 0.144 e. The number of carbonyl (C=O) groups excluding carboxylic acids is 1. The van der Waals surface area contributed by atoms with Crippen LogP contribution in [0.3, 0.4) is 0 Å². The molecule has 0 aromatic rings. The first-order valence-corrected chi connectivity index (χ1v) is 5.76. The molecule has 1 aliphatic carbocycles. The van der Waals surface area contributed by atoms with Gasteiger partial charge in [0.1, 0.15) is 5.78 Å². The Morgan fingerprint density at radius 1 is 1.47 bits per heavy atom. The van der Waals surface area contributed by atoms with E-state index in [0.29, 0.717) is 18.1 Å². The first-order chi connectivity index (χ1) is 6.91. The van der Waals surface area contributed by atoms with E-state index in [9.17, 15) is 4.79 Å². The number of hydrogen-bond acceptors (Lipinski definition) is 3. The lowest BCUT2D eigenvalue weighted by atomic mass is 9.68. The van der Waals surface area contributed by atoms with Crippen LogP contribution in [-0.4, -0.2) is 17.5 Å². The first kappa shape index (κ1) is 10.7. The van der Waals surface area contributed by atoms with E-state index in [1.165, 1.54) is 0 Å². The summed E-state index contributed by atoms with van der Waals surface area (Å²) < 4.78 is 0. The number of nitrogens with one attached hydrogen (secondary N) is 1. The van der Waals surface area contributed by atoms with Crippen LogP contribution in [0, 0.1) is 17.3 Å². The van der Waals surface area contributed by atoms with Crippen LogP contribution in [0.2, 0.25) is 0 Å². The molecular weight excluding hydrogens is 188 g/mol. The second kappa shape index (κ2) is 3.32. The van der Waals surface area contributed by atoms with Gasteiger partial charge in [0, 0.05) is 6.42 Å². The van der Waals surface area contributed by atoms with Crippen LogP contribution in [0.1, 0.15) is 40.5 Å². The van der Waals surface area contributed by atoms with Crippen LogP contribution in [-0.2, 0) is 4.79 Å². The summed E-state index contributed by atoms with van der Waals surface area (Å²) in [7, 11) is 0. The van der Waals surface area contributed by atoms with E-state index in [1.54, 1.807) is 0 Å². The predicted molar refractivity (Wildman–Crippen MR) is 60.7 cm³/mol. The van der Waals surface area contributed by atoms with Crippen molar-refractivity contribution in [3.8, 4) is 0 Å². The van der Waals surface area contributed by atoms with Crippen molar-refractivity contribution in [1.29, 1.82) is 0 Å². The summed E-state index contributed by atoms with van der Waals surface area (Å²) >= 11 is 0. The molecule has 0 unspecified atom stereocenters. The van der Waals surface area contributed by atoms with Crippen molar-refractivity contribution in [2.75, 3.05) is 0 Å². The Balaban J connectivity index is 2.21. The minimum atomic E-state index is 0.0537. The highest BCUT2D eigenvalue weighted by atomic mass is 16.1. The van der Waals surface area contributed by atoms with Gasteiger partial charge in [-0.2, -0.15) is 5.10 Å². The zero-order valence-corrected chi connectivity index (χ0v) is 10.0. The molecule has 1 saturated carbocycles. The molecule has 0 saturated heterocycles. The molecule has 2 rings (SSSR count). The van der Waals surface area contributed by atoms with Gasteiger partial charge in [-0.1, -0.05) is 27.7 Å². The van der Waals surface area contributed by atoms with Gasteiger partial charge in [-0.3, -0.25) is 4.79 Å². The molecule has 0 aromatic carbocycles. The van der Waals surface area contributed by atoms with Crippen molar-refractivity contribution in [1.82, 2.24) is 5.43 Å². The topological polar surface area (TPSA) is 41.5 Å². The Bertz CT molecular complexity index is 318. The molecule has 15 heavy (non-hydrogen) atoms. The van der Waals surface area contributed by atoms with Crippen molar-refractivity contribution in [2.24, 2.45) is 22.4 Å². The average Bonchev–Trinajstić information content (AvgIpc) is 2.45. The van der Waals surface area contributed by atoms with Gasteiger partial charge >= 0.3 is 0 Å². The molecule has 2 aliphatic rings. The quantitative estimate of drug-likeness (QED) is 0.716. The van der Waals surface area contributed by atoms with Crippen molar-refractivity contribution in [2.45, 2.75) is 46.6 Å². The first-order valence-electron chi connectivity index (χ1n) is 5.76. The minimum Gasteiger partial charge on any atom is -0.306 e. The number of Topliss-reactive ketones (excluding diaryl/α,β-unsaturated/α-hetero) is 1. The Morgan fingerprint density at radius 3 is 2.73 bits per heavy atom. The molecular formula is C12H20N2O. The number of carbonyl (C=O) groups is 1. The second-order valence-corrected chi connectivity index (χ2v) is 5.92. The van der Waals surface area contributed by atoms with E-state index in [1.807, 2.05) is 0 Å². The molecule has 0 aromatic heterocycles. The lowest BCUT2D eigenvalue weighted by Gasteiger charge is -2.36. The van der Waals surface area contributed by atoms with E-state index in [2.05, 4.69) is 38.2 Å². The summed E-state index contributed by atoms with van der Waals surface area (Å²) in [6.07, 6.45) is 1.74. The number of hydrogen-bond donors (Lipinski definition) is 1. The molecule has 1 N–H and O–H groups in total. The van der Waals surface area contributed by atoms with Gasteiger partial charge in [-0.05, 0) is 17.8 Å². The van der Waals surface area contributed by atoms with Gasteiger partial charge in [-0.15, -0.1) is 0 Å². The number of ketones is 1. The third kappa shape index (κ3) is 1.80. The monoisotopic (exact) mass is 208 g/mol. The Labute approximate surface area is 91.3 Å². The third-order valence-corrected chi connectivity index (χ3v) is 3.44. The number of fused-ring (bicyclic) bond motifs is 1. The maximum Gasteiger partial charge on any atom is 0.144 e. The fourth-order valence-corrected chi connectivity index (χ4v) is 2.80. The highest BCUT2D eigenvalue weighted by molar-refractivity contribution is 6.08. The summed E-state index contributed by atoms with van der Waals surface area (Å²) in [4.78, 5) is 12.1. The molecule has 0 spiro atoms. The normalized spacial score (nSPS) is 33.7. The second-order valence-electron chi connectivity index (χ2n) is 5.92. The number of rotatable bonds is 1. The molecule has 1 heterocycles. The molecule has 2 atom stereocenters. The Morgan fingerprint density at radius 2 is 2.13 bits per heavy atom. The van der Waals surface area contributed by atoms with Crippen molar-refractivity contribution >= 4 is 11.5 Å². The van der Waals surface area contributed by atoms with E-state index in [-0.39, 0.29) is 17.4 Å². The summed E-state index contributed by atoms with van der Waals surface area (Å²) in [5.74, 6) is 0.796. The van der Waals surface area contributed by atoms with E-state index in [4.69, 9.17) is 0 Å². The summed E-state index contributed by atoms with van der Waals surface area (Å²) in [5, 5.41) is 4.34. The van der Waals surface area contributed by atoms with Gasteiger partial charge in [0.25, 0.3) is 0 Å². The van der Waals surface area contributed by atoms with Crippen LogP contribution in [0.4, 0.5) is 0 Å². The van der Waals surface area contributed by atoms with Gasteiger partial charge in [-0.25, -0.2) is 0 Å². The van der Waals surface area contributed by atoms with E-state index in [0.717, 1.165) is 12.1 Å². The van der Waals surface area contributed by atoms with Gasteiger partial charge in [0.05, 0.1) is 17.7 Å². The Kier molecular flexibility index (Phi) is 2.36. The van der Waals surface area contributed by atoms with Gasteiger partial charge in [0.2, 0.25) is 0 Å². The van der Waals surface area contributed by atoms with Crippen molar-refractivity contribution < 1.29 is 4.79 Å². The van der Waals surface area contributed by atoms with E-state index >= 15 is 0 Å². The third-order valence-electron chi connectivity index (χ3n) is 3.44. The van der Waals surface area contributed by atoms with Crippen LogP contribution in [0.5, 0.6) is 0 Å². The summed E-state index contributed by atoms with van der Waals surface area (Å²) in [6.45, 7) is 8.54. The SMILES string of the molecule is CC(C)C1=NN[C@@H]2CC(C)(C)CC(=O)[C@H]12. The highest BCUT2D eigenvalue weighted by Gasteiger charge is 2.46. The predicted octanol–water partition coefficient (Wildman–Crippen LogP) is 1.98. The molecule has 84 valence electrons.